The summed E-state index contributed by atoms with van der Waals surface area (Å²) in [6, 6.07) is 18.8. The van der Waals surface area contributed by atoms with Crippen LogP contribution in [0.2, 0.25) is 0 Å². The zero-order chi connectivity index (χ0) is 23.8. The molecule has 0 radical (unpaired) electrons. The molecule has 4 heterocycles. The Morgan fingerprint density at radius 2 is 1.91 bits per heavy atom. The van der Waals surface area contributed by atoms with E-state index in [-0.39, 0.29) is 12.1 Å². The fraction of sp³-hybridized carbons (Fsp3) is 0.286. The van der Waals surface area contributed by atoms with Gasteiger partial charge in [-0.3, -0.25) is 4.98 Å². The van der Waals surface area contributed by atoms with Crippen LogP contribution in [-0.4, -0.2) is 19.6 Å². The Balaban J connectivity index is 1.66. The highest BCUT2D eigenvalue weighted by Gasteiger charge is 2.41. The SMILES string of the molecule is CCc1cccc(C)c1-n1c(C)cc([C@H]2[C@@H](c3ccccn3)NC(=S)N2Cc2ccco2)c1C. The summed E-state index contributed by atoms with van der Waals surface area (Å²) in [6.45, 7) is 9.42. The predicted octanol–water partition coefficient (Wildman–Crippen LogP) is 6.13. The van der Waals surface area contributed by atoms with Crippen LogP contribution >= 0.6 is 12.2 Å². The Hall–Kier alpha value is -3.38. The number of nitrogens with zero attached hydrogens (tertiary/aromatic N) is 3. The maximum Gasteiger partial charge on any atom is 0.170 e. The predicted molar refractivity (Wildman–Crippen MR) is 139 cm³/mol. The van der Waals surface area contributed by atoms with Crippen LogP contribution in [0.4, 0.5) is 0 Å². The lowest BCUT2D eigenvalue weighted by molar-refractivity contribution is 0.286. The van der Waals surface area contributed by atoms with Crippen molar-refractivity contribution in [2.75, 3.05) is 0 Å². The van der Waals surface area contributed by atoms with Gasteiger partial charge >= 0.3 is 0 Å². The highest BCUT2D eigenvalue weighted by Crippen LogP contribution is 2.42. The summed E-state index contributed by atoms with van der Waals surface area (Å²) in [5, 5.41) is 4.27. The third-order valence-corrected chi connectivity index (χ3v) is 7.17. The first-order valence-electron chi connectivity index (χ1n) is 11.8. The Bertz CT molecular complexity index is 1310. The van der Waals surface area contributed by atoms with E-state index in [1.165, 1.54) is 33.8 Å². The Morgan fingerprint density at radius 3 is 2.62 bits per heavy atom. The lowest BCUT2D eigenvalue weighted by Crippen LogP contribution is -2.29. The number of benzene rings is 1. The highest BCUT2D eigenvalue weighted by atomic mass is 32.1. The van der Waals surface area contributed by atoms with Gasteiger partial charge in [-0.2, -0.15) is 0 Å². The summed E-state index contributed by atoms with van der Waals surface area (Å²) >= 11 is 5.84. The Labute approximate surface area is 206 Å². The van der Waals surface area contributed by atoms with Gasteiger partial charge in [0.25, 0.3) is 0 Å². The molecule has 0 bridgehead atoms. The van der Waals surface area contributed by atoms with Crippen molar-refractivity contribution in [3.8, 4) is 5.69 Å². The van der Waals surface area contributed by atoms with Gasteiger partial charge in [0, 0.05) is 17.6 Å². The molecule has 0 unspecified atom stereocenters. The largest absolute Gasteiger partial charge is 0.467 e. The lowest BCUT2D eigenvalue weighted by atomic mass is 9.96. The smallest absolute Gasteiger partial charge is 0.170 e. The Kier molecular flexibility index (Phi) is 6.00. The summed E-state index contributed by atoms with van der Waals surface area (Å²) in [4.78, 5) is 6.92. The van der Waals surface area contributed by atoms with E-state index in [0.717, 1.165) is 17.9 Å². The molecule has 1 fully saturated rings. The Morgan fingerprint density at radius 1 is 1.06 bits per heavy atom. The molecule has 1 aliphatic rings. The molecule has 1 aliphatic heterocycles. The molecule has 2 atom stereocenters. The molecule has 174 valence electrons. The van der Waals surface area contributed by atoms with E-state index in [4.69, 9.17) is 16.6 Å². The summed E-state index contributed by atoms with van der Waals surface area (Å²) in [5.74, 6) is 0.886. The molecule has 4 aromatic rings. The third-order valence-electron chi connectivity index (χ3n) is 6.82. The number of aromatic nitrogens is 2. The van der Waals surface area contributed by atoms with E-state index in [1.807, 2.05) is 30.5 Å². The minimum Gasteiger partial charge on any atom is -0.467 e. The van der Waals surface area contributed by atoms with Crippen LogP contribution < -0.4 is 5.32 Å². The zero-order valence-corrected chi connectivity index (χ0v) is 20.9. The van der Waals surface area contributed by atoms with Crippen molar-refractivity contribution in [2.45, 2.75) is 52.7 Å². The third kappa shape index (κ3) is 3.82. The first kappa shape index (κ1) is 22.4. The minimum absolute atomic E-state index is 0.0125. The van der Waals surface area contributed by atoms with Gasteiger partial charge in [-0.25, -0.2) is 0 Å². The molecule has 1 saturated heterocycles. The summed E-state index contributed by atoms with van der Waals surface area (Å²) in [7, 11) is 0. The van der Waals surface area contributed by atoms with Gasteiger partial charge in [0.2, 0.25) is 0 Å². The molecule has 0 amide bonds. The fourth-order valence-corrected chi connectivity index (χ4v) is 5.55. The zero-order valence-electron chi connectivity index (χ0n) is 20.1. The fourth-order valence-electron chi connectivity index (χ4n) is 5.24. The second kappa shape index (κ2) is 9.11. The molecule has 0 aliphatic carbocycles. The van der Waals surface area contributed by atoms with Crippen LogP contribution in [-0.2, 0) is 13.0 Å². The molecule has 5 rings (SSSR count). The monoisotopic (exact) mass is 470 g/mol. The highest BCUT2D eigenvalue weighted by molar-refractivity contribution is 7.80. The number of hydrogen-bond acceptors (Lipinski definition) is 3. The molecule has 1 N–H and O–H groups in total. The number of nitrogens with one attached hydrogen (secondary N) is 1. The number of hydrogen-bond donors (Lipinski definition) is 1. The molecular formula is C28H30N4OS. The summed E-state index contributed by atoms with van der Waals surface area (Å²) < 4.78 is 8.10. The van der Waals surface area contributed by atoms with E-state index in [9.17, 15) is 0 Å². The minimum atomic E-state index is -0.0554. The van der Waals surface area contributed by atoms with Crippen molar-refractivity contribution in [1.82, 2.24) is 19.8 Å². The normalized spacial score (nSPS) is 17.9. The molecule has 0 spiro atoms. The van der Waals surface area contributed by atoms with Gasteiger partial charge in [0.1, 0.15) is 5.76 Å². The van der Waals surface area contributed by atoms with Gasteiger partial charge < -0.3 is 19.2 Å². The quantitative estimate of drug-likeness (QED) is 0.344. The maximum absolute atomic E-state index is 5.84. The second-order valence-corrected chi connectivity index (χ2v) is 9.32. The van der Waals surface area contributed by atoms with Crippen molar-refractivity contribution in [2.24, 2.45) is 0 Å². The molecule has 3 aromatic heterocycles. The molecule has 34 heavy (non-hydrogen) atoms. The maximum atomic E-state index is 5.84. The van der Waals surface area contributed by atoms with E-state index < -0.39 is 0 Å². The molecule has 1 aromatic carbocycles. The average Bonchev–Trinajstić information content (AvgIpc) is 3.54. The number of pyridine rings is 1. The summed E-state index contributed by atoms with van der Waals surface area (Å²) in [6.07, 6.45) is 4.54. The number of furan rings is 1. The first-order valence-corrected chi connectivity index (χ1v) is 12.2. The van der Waals surface area contributed by atoms with Gasteiger partial charge in [-0.05, 0) is 86.4 Å². The molecule has 0 saturated carbocycles. The van der Waals surface area contributed by atoms with Crippen LogP contribution in [0.15, 0.2) is 71.5 Å². The van der Waals surface area contributed by atoms with Gasteiger partial charge in [0.15, 0.2) is 5.11 Å². The number of aryl methyl sites for hydroxylation is 3. The van der Waals surface area contributed by atoms with Crippen molar-refractivity contribution in [1.29, 1.82) is 0 Å². The van der Waals surface area contributed by atoms with Crippen molar-refractivity contribution >= 4 is 17.3 Å². The van der Waals surface area contributed by atoms with Gasteiger partial charge in [-0.15, -0.1) is 0 Å². The van der Waals surface area contributed by atoms with E-state index in [2.05, 4.69) is 77.8 Å². The van der Waals surface area contributed by atoms with E-state index in [1.54, 1.807) is 6.26 Å². The van der Waals surface area contributed by atoms with E-state index >= 15 is 0 Å². The van der Waals surface area contributed by atoms with Crippen molar-refractivity contribution < 1.29 is 4.42 Å². The van der Waals surface area contributed by atoms with Gasteiger partial charge in [0.05, 0.1) is 36.3 Å². The molecule has 6 heteroatoms. The first-order chi connectivity index (χ1) is 16.5. The standard InChI is InChI=1S/C28H30N4OS/c1-5-21-11-8-10-18(2)26(21)32-19(3)16-23(20(32)4)27-25(24-13-6-7-14-29-24)30-28(34)31(27)17-22-12-9-15-33-22/h6-16,25,27H,5,17H2,1-4H3,(H,30,34)/t25-,27+/m1/s1. The van der Waals surface area contributed by atoms with Crippen molar-refractivity contribution in [3.05, 3.63) is 107 Å². The van der Waals surface area contributed by atoms with Gasteiger partial charge in [-0.1, -0.05) is 31.2 Å². The van der Waals surface area contributed by atoms with Crippen LogP contribution in [0.25, 0.3) is 5.69 Å². The van der Waals surface area contributed by atoms with Crippen molar-refractivity contribution in [3.63, 3.8) is 0 Å². The van der Waals surface area contributed by atoms with E-state index in [0.29, 0.717) is 11.7 Å². The van der Waals surface area contributed by atoms with Crippen LogP contribution in [0.3, 0.4) is 0 Å². The number of rotatable bonds is 6. The summed E-state index contributed by atoms with van der Waals surface area (Å²) in [5.41, 5.74) is 8.58. The van der Waals surface area contributed by atoms with Crippen LogP contribution in [0.1, 0.15) is 58.5 Å². The topological polar surface area (TPSA) is 46.2 Å². The molecule has 5 nitrogen and oxygen atoms in total. The number of thiocarbonyl (C=S) groups is 1. The molecular weight excluding hydrogens is 440 g/mol. The average molecular weight is 471 g/mol. The van der Waals surface area contributed by atoms with Crippen LogP contribution in [0.5, 0.6) is 0 Å². The number of para-hydroxylation sites is 1. The lowest BCUT2D eigenvalue weighted by Gasteiger charge is -2.27. The van der Waals surface area contributed by atoms with Crippen LogP contribution in [0, 0.1) is 20.8 Å². The second-order valence-electron chi connectivity index (χ2n) is 8.93.